The number of benzene rings is 2. The molecule has 0 fully saturated rings. The van der Waals surface area contributed by atoms with Crippen LogP contribution in [0.25, 0.3) is 10.9 Å². The fraction of sp³-hybridized carbons (Fsp3) is 0.263. The minimum Gasteiger partial charge on any atom is -0.287 e. The maximum Gasteiger partial charge on any atom is 0.262 e. The molecule has 3 aromatic rings. The Labute approximate surface area is 140 Å². The van der Waals surface area contributed by atoms with Crippen LogP contribution in [0, 0.1) is 6.92 Å². The smallest absolute Gasteiger partial charge is 0.262 e. The molecule has 0 saturated heterocycles. The first-order valence-electron chi connectivity index (χ1n) is 7.87. The van der Waals surface area contributed by atoms with Crippen LogP contribution in [0.1, 0.15) is 24.5 Å². The van der Waals surface area contributed by atoms with Crippen molar-refractivity contribution in [3.05, 3.63) is 70.0 Å². The number of aromatic nitrogens is 2. The second-order valence-corrected chi connectivity index (χ2v) is 6.53. The van der Waals surface area contributed by atoms with Gasteiger partial charge in [-0.25, -0.2) is 4.98 Å². The average Bonchev–Trinajstić information content (AvgIpc) is 2.57. The topological polar surface area (TPSA) is 34.9 Å². The van der Waals surface area contributed by atoms with Crippen molar-refractivity contribution in [2.45, 2.75) is 37.7 Å². The molecule has 0 aliphatic heterocycles. The third-order valence-electron chi connectivity index (χ3n) is 3.89. The van der Waals surface area contributed by atoms with E-state index in [0.29, 0.717) is 11.9 Å². The average molecular weight is 324 g/mol. The van der Waals surface area contributed by atoms with Gasteiger partial charge in [0.25, 0.3) is 5.56 Å². The van der Waals surface area contributed by atoms with Gasteiger partial charge in [-0.2, -0.15) is 0 Å². The van der Waals surface area contributed by atoms with Crippen LogP contribution in [0.3, 0.4) is 0 Å². The molecule has 0 bridgehead atoms. The summed E-state index contributed by atoms with van der Waals surface area (Å²) in [4.78, 5) is 17.5. The van der Waals surface area contributed by atoms with Crippen molar-refractivity contribution in [1.29, 1.82) is 0 Å². The summed E-state index contributed by atoms with van der Waals surface area (Å²) in [5.74, 6) is 0.821. The van der Waals surface area contributed by atoms with Crippen molar-refractivity contribution in [3.63, 3.8) is 0 Å². The lowest BCUT2D eigenvalue weighted by atomic mass is 10.1. The molecule has 0 aliphatic rings. The molecule has 4 heteroatoms. The molecule has 0 saturated carbocycles. The number of para-hydroxylation sites is 1. The molecule has 0 N–H and O–H groups in total. The molecule has 23 heavy (non-hydrogen) atoms. The van der Waals surface area contributed by atoms with Gasteiger partial charge < -0.3 is 0 Å². The number of rotatable bonds is 5. The predicted octanol–water partition coefficient (Wildman–Crippen LogP) is 4.41. The van der Waals surface area contributed by atoms with E-state index in [4.69, 9.17) is 4.98 Å². The Morgan fingerprint density at radius 3 is 2.61 bits per heavy atom. The molecule has 1 heterocycles. The molecule has 0 spiro atoms. The monoisotopic (exact) mass is 324 g/mol. The largest absolute Gasteiger partial charge is 0.287 e. The molecule has 118 valence electrons. The van der Waals surface area contributed by atoms with E-state index in [9.17, 15) is 4.79 Å². The molecule has 0 radical (unpaired) electrons. The lowest BCUT2D eigenvalue weighted by Crippen LogP contribution is -2.23. The zero-order valence-corrected chi connectivity index (χ0v) is 14.3. The quantitative estimate of drug-likeness (QED) is 0.515. The molecule has 3 rings (SSSR count). The van der Waals surface area contributed by atoms with Crippen LogP contribution in [0.15, 0.2) is 58.5 Å². The van der Waals surface area contributed by atoms with E-state index in [0.717, 1.165) is 22.8 Å². The zero-order valence-electron chi connectivity index (χ0n) is 13.5. The molecule has 0 aliphatic carbocycles. The third kappa shape index (κ3) is 3.32. The van der Waals surface area contributed by atoms with Crippen molar-refractivity contribution in [3.8, 4) is 0 Å². The van der Waals surface area contributed by atoms with E-state index in [1.807, 2.05) is 34.9 Å². The van der Waals surface area contributed by atoms with Crippen LogP contribution >= 0.6 is 11.8 Å². The maximum absolute atomic E-state index is 12.7. The molecule has 2 aromatic carbocycles. The van der Waals surface area contributed by atoms with Crippen molar-refractivity contribution >= 4 is 22.7 Å². The first-order chi connectivity index (χ1) is 11.2. The second kappa shape index (κ2) is 7.01. The van der Waals surface area contributed by atoms with Gasteiger partial charge in [0.05, 0.1) is 10.9 Å². The number of nitrogens with zero attached hydrogens (tertiary/aromatic N) is 2. The van der Waals surface area contributed by atoms with Crippen molar-refractivity contribution in [2.24, 2.45) is 0 Å². The van der Waals surface area contributed by atoms with Crippen LogP contribution in [0.4, 0.5) is 0 Å². The fourth-order valence-corrected chi connectivity index (χ4v) is 3.69. The van der Waals surface area contributed by atoms with Crippen LogP contribution in [0.5, 0.6) is 0 Å². The van der Waals surface area contributed by atoms with Crippen LogP contribution < -0.4 is 5.56 Å². The van der Waals surface area contributed by atoms with Crippen LogP contribution in [0.2, 0.25) is 0 Å². The molecular formula is C19H20N2OS. The maximum atomic E-state index is 12.7. The van der Waals surface area contributed by atoms with Gasteiger partial charge in [-0.3, -0.25) is 9.36 Å². The normalized spacial score (nSPS) is 11.0. The van der Waals surface area contributed by atoms with Gasteiger partial charge in [0.2, 0.25) is 0 Å². The van der Waals surface area contributed by atoms with E-state index in [1.165, 1.54) is 11.1 Å². The van der Waals surface area contributed by atoms with E-state index in [2.05, 4.69) is 32.0 Å². The zero-order chi connectivity index (χ0) is 16.2. The van der Waals surface area contributed by atoms with Gasteiger partial charge in [0.15, 0.2) is 5.16 Å². The Bertz CT molecular complexity index is 886. The number of hydrogen-bond acceptors (Lipinski definition) is 3. The van der Waals surface area contributed by atoms with Gasteiger partial charge in [-0.15, -0.1) is 0 Å². The molecule has 1 aromatic heterocycles. The summed E-state index contributed by atoms with van der Waals surface area (Å²) >= 11 is 1.64. The number of fused-ring (bicyclic) bond motifs is 1. The highest BCUT2D eigenvalue weighted by molar-refractivity contribution is 7.98. The SMILES string of the molecule is CCCn1c(SCc2ccccc2C)nc2ccccc2c1=O. The Balaban J connectivity index is 2.00. The highest BCUT2D eigenvalue weighted by atomic mass is 32.2. The van der Waals surface area contributed by atoms with E-state index >= 15 is 0 Å². The standard InChI is InChI=1S/C19H20N2OS/c1-3-12-21-18(22)16-10-6-7-11-17(16)20-19(21)23-13-15-9-5-4-8-14(15)2/h4-11H,3,12-13H2,1-2H3. The molecule has 3 nitrogen and oxygen atoms in total. The van der Waals surface area contributed by atoms with Gasteiger partial charge in [0.1, 0.15) is 0 Å². The van der Waals surface area contributed by atoms with E-state index in [1.54, 1.807) is 11.8 Å². The minimum absolute atomic E-state index is 0.0599. The minimum atomic E-state index is 0.0599. The molecule has 0 amide bonds. The highest BCUT2D eigenvalue weighted by Gasteiger charge is 2.11. The third-order valence-corrected chi connectivity index (χ3v) is 4.92. The Morgan fingerprint density at radius 1 is 1.09 bits per heavy atom. The molecular weight excluding hydrogens is 304 g/mol. The number of thioether (sulfide) groups is 1. The van der Waals surface area contributed by atoms with Gasteiger partial charge in [-0.1, -0.05) is 55.1 Å². The van der Waals surface area contributed by atoms with E-state index in [-0.39, 0.29) is 5.56 Å². The van der Waals surface area contributed by atoms with Crippen molar-refractivity contribution in [2.75, 3.05) is 0 Å². The van der Waals surface area contributed by atoms with Crippen molar-refractivity contribution < 1.29 is 0 Å². The summed E-state index contributed by atoms with van der Waals surface area (Å²) < 4.78 is 1.81. The molecule has 0 atom stereocenters. The lowest BCUT2D eigenvalue weighted by Gasteiger charge is -2.12. The summed E-state index contributed by atoms with van der Waals surface area (Å²) in [6, 6.07) is 15.9. The first-order valence-corrected chi connectivity index (χ1v) is 8.86. The number of hydrogen-bond donors (Lipinski definition) is 0. The second-order valence-electron chi connectivity index (χ2n) is 5.58. The van der Waals surface area contributed by atoms with Crippen LogP contribution in [-0.4, -0.2) is 9.55 Å². The summed E-state index contributed by atoms with van der Waals surface area (Å²) in [6.07, 6.45) is 0.915. The predicted molar refractivity (Wildman–Crippen MR) is 97.0 cm³/mol. The van der Waals surface area contributed by atoms with Crippen LogP contribution in [-0.2, 0) is 12.3 Å². The van der Waals surface area contributed by atoms with Crippen molar-refractivity contribution in [1.82, 2.24) is 9.55 Å². The summed E-state index contributed by atoms with van der Waals surface area (Å²) in [5, 5.41) is 1.50. The highest BCUT2D eigenvalue weighted by Crippen LogP contribution is 2.23. The fourth-order valence-electron chi connectivity index (χ4n) is 2.59. The number of aryl methyl sites for hydroxylation is 1. The van der Waals surface area contributed by atoms with Gasteiger partial charge in [-0.05, 0) is 36.6 Å². The first kappa shape index (κ1) is 15.8. The van der Waals surface area contributed by atoms with Gasteiger partial charge >= 0.3 is 0 Å². The molecule has 0 unspecified atom stereocenters. The Morgan fingerprint density at radius 2 is 1.83 bits per heavy atom. The summed E-state index contributed by atoms with van der Waals surface area (Å²) in [6.45, 7) is 4.90. The van der Waals surface area contributed by atoms with E-state index < -0.39 is 0 Å². The lowest BCUT2D eigenvalue weighted by molar-refractivity contribution is 0.584. The van der Waals surface area contributed by atoms with Gasteiger partial charge in [0, 0.05) is 12.3 Å². The summed E-state index contributed by atoms with van der Waals surface area (Å²) in [5.41, 5.74) is 3.38. The Kier molecular flexibility index (Phi) is 4.82. The summed E-state index contributed by atoms with van der Waals surface area (Å²) in [7, 11) is 0. The Hall–Kier alpha value is -2.07.